The molecule has 3 N–H and O–H groups in total. The lowest BCUT2D eigenvalue weighted by molar-refractivity contribution is -0.120. The molecule has 0 radical (unpaired) electrons. The molecule has 0 aliphatic rings. The first kappa shape index (κ1) is 24.4. The van der Waals surface area contributed by atoms with Crippen LogP contribution >= 0.6 is 11.7 Å². The van der Waals surface area contributed by atoms with Gasteiger partial charge < -0.3 is 9.64 Å². The van der Waals surface area contributed by atoms with Gasteiger partial charge in [-0.05, 0) is 43.7 Å². The Hall–Kier alpha value is -3.29. The summed E-state index contributed by atoms with van der Waals surface area (Å²) in [7, 11) is -4.00. The van der Waals surface area contributed by atoms with Crippen molar-refractivity contribution in [1.82, 2.24) is 24.3 Å². The van der Waals surface area contributed by atoms with Crippen LogP contribution in [0.4, 0.5) is 10.5 Å². The van der Waals surface area contributed by atoms with E-state index in [0.717, 1.165) is 29.5 Å². The third-order valence-electron chi connectivity index (χ3n) is 4.61. The van der Waals surface area contributed by atoms with E-state index in [-0.39, 0.29) is 17.0 Å². The number of amides is 2. The highest BCUT2D eigenvalue weighted by molar-refractivity contribution is 7.89. The third kappa shape index (κ3) is 6.60. The molecule has 13 heteroatoms. The van der Waals surface area contributed by atoms with Crippen LogP contribution in [0.5, 0.6) is 0 Å². The Morgan fingerprint density at radius 1 is 1.12 bits per heavy atom. The van der Waals surface area contributed by atoms with E-state index in [1.165, 1.54) is 12.1 Å². The molecule has 1 aromatic heterocycles. The van der Waals surface area contributed by atoms with Gasteiger partial charge in [0.15, 0.2) is 0 Å². The van der Waals surface area contributed by atoms with E-state index in [1.54, 1.807) is 6.07 Å². The van der Waals surface area contributed by atoms with Crippen LogP contribution in [0.2, 0.25) is 0 Å². The fourth-order valence-corrected chi connectivity index (χ4v) is 4.73. The Bertz CT molecular complexity index is 1230. The molecule has 33 heavy (non-hydrogen) atoms. The maximum atomic E-state index is 12.5. The van der Waals surface area contributed by atoms with Gasteiger partial charge in [0.25, 0.3) is 5.91 Å². The molecule has 3 aromatic rings. The lowest BCUT2D eigenvalue weighted by Gasteiger charge is -2.23. The summed E-state index contributed by atoms with van der Waals surface area (Å²) in [6.07, 6.45) is -0.857. The van der Waals surface area contributed by atoms with Gasteiger partial charge in [0.1, 0.15) is 22.5 Å². The van der Waals surface area contributed by atoms with Gasteiger partial charge in [0, 0.05) is 12.2 Å². The zero-order valence-electron chi connectivity index (χ0n) is 18.1. The van der Waals surface area contributed by atoms with Crippen molar-refractivity contribution in [3.8, 4) is 0 Å². The molecular weight excluding hydrogens is 468 g/mol. The van der Waals surface area contributed by atoms with Gasteiger partial charge in [-0.2, -0.15) is 8.75 Å². The van der Waals surface area contributed by atoms with Crippen LogP contribution in [0.1, 0.15) is 12.5 Å². The van der Waals surface area contributed by atoms with E-state index in [1.807, 2.05) is 43.0 Å². The number of hydrazine groups is 1. The van der Waals surface area contributed by atoms with Crippen LogP contribution in [0.25, 0.3) is 11.0 Å². The number of hydrogen-bond donors (Lipinski definition) is 3. The van der Waals surface area contributed by atoms with E-state index in [0.29, 0.717) is 12.1 Å². The summed E-state index contributed by atoms with van der Waals surface area (Å²) in [6.45, 7) is 4.71. The van der Waals surface area contributed by atoms with Gasteiger partial charge in [0.2, 0.25) is 10.0 Å². The predicted octanol–water partition coefficient (Wildman–Crippen LogP) is 1.56. The average molecular weight is 493 g/mol. The summed E-state index contributed by atoms with van der Waals surface area (Å²) in [5.74, 6) is -0.769. The van der Waals surface area contributed by atoms with Crippen molar-refractivity contribution in [2.75, 3.05) is 31.1 Å². The van der Waals surface area contributed by atoms with E-state index in [9.17, 15) is 18.0 Å². The number of carbonyl (C=O) groups excluding carboxylic acids is 2. The van der Waals surface area contributed by atoms with Gasteiger partial charge in [-0.25, -0.2) is 23.4 Å². The number of nitrogens with one attached hydrogen (secondary N) is 3. The van der Waals surface area contributed by atoms with E-state index >= 15 is 0 Å². The molecule has 3 rings (SSSR count). The standard InChI is InChI=1S/C20H24N6O5S2/c1-3-26(15-7-4-6-14(2)12-15)10-11-31-20(28)23-22-18(27)13-21-33(29,30)17-9-5-8-16-19(17)25-32-24-16/h4-9,12,21H,3,10-11,13H2,1-2H3,(H,22,27)(H,23,28). The van der Waals surface area contributed by atoms with Crippen LogP contribution < -0.4 is 20.5 Å². The van der Waals surface area contributed by atoms with Crippen LogP contribution in [0.3, 0.4) is 0 Å². The number of hydrogen-bond acceptors (Lipinski definition) is 9. The molecule has 2 amide bonds. The number of carbonyl (C=O) groups is 2. The van der Waals surface area contributed by atoms with Crippen molar-refractivity contribution >= 4 is 50.5 Å². The first-order chi connectivity index (χ1) is 15.8. The molecule has 0 saturated heterocycles. The van der Waals surface area contributed by atoms with E-state index in [2.05, 4.69) is 24.3 Å². The first-order valence-electron chi connectivity index (χ1n) is 10.0. The number of rotatable bonds is 9. The van der Waals surface area contributed by atoms with Crippen molar-refractivity contribution in [2.45, 2.75) is 18.7 Å². The molecule has 0 spiro atoms. The zero-order chi connectivity index (χ0) is 23.8. The SMILES string of the molecule is CCN(CCOC(=O)NNC(=O)CNS(=O)(=O)c1cccc2nsnc12)c1cccc(C)c1. The third-order valence-corrected chi connectivity index (χ3v) is 6.58. The van der Waals surface area contributed by atoms with Crippen LogP contribution in [-0.2, 0) is 19.6 Å². The Kier molecular flexibility index (Phi) is 8.14. The van der Waals surface area contributed by atoms with Crippen LogP contribution in [0.15, 0.2) is 47.4 Å². The average Bonchev–Trinajstić information content (AvgIpc) is 3.28. The summed E-state index contributed by atoms with van der Waals surface area (Å²) < 4.78 is 40.2. The van der Waals surface area contributed by atoms with Crippen molar-refractivity contribution in [1.29, 1.82) is 0 Å². The molecule has 0 aliphatic carbocycles. The van der Waals surface area contributed by atoms with Crippen molar-refractivity contribution in [3.63, 3.8) is 0 Å². The molecule has 2 aromatic carbocycles. The van der Waals surface area contributed by atoms with Gasteiger partial charge in [-0.15, -0.1) is 0 Å². The summed E-state index contributed by atoms with van der Waals surface area (Å²) in [5.41, 5.74) is 7.01. The monoisotopic (exact) mass is 492 g/mol. The molecule has 0 fully saturated rings. The van der Waals surface area contributed by atoms with Crippen LogP contribution in [0, 0.1) is 6.92 Å². The predicted molar refractivity (Wildman–Crippen MR) is 124 cm³/mol. The fraction of sp³-hybridized carbons (Fsp3) is 0.300. The molecule has 0 aliphatic heterocycles. The van der Waals surface area contributed by atoms with Crippen molar-refractivity contribution in [2.24, 2.45) is 0 Å². The Morgan fingerprint density at radius 3 is 2.67 bits per heavy atom. The highest BCUT2D eigenvalue weighted by Gasteiger charge is 2.20. The highest BCUT2D eigenvalue weighted by atomic mass is 32.2. The number of ether oxygens (including phenoxy) is 1. The summed E-state index contributed by atoms with van der Waals surface area (Å²) >= 11 is 0.892. The number of sulfonamides is 1. The Morgan fingerprint density at radius 2 is 1.91 bits per heavy atom. The van der Waals surface area contributed by atoms with Crippen molar-refractivity contribution < 1.29 is 22.7 Å². The highest BCUT2D eigenvalue weighted by Crippen LogP contribution is 2.20. The maximum Gasteiger partial charge on any atom is 0.426 e. The number of fused-ring (bicyclic) bond motifs is 1. The fourth-order valence-electron chi connectivity index (χ4n) is 2.98. The molecule has 0 saturated carbocycles. The lowest BCUT2D eigenvalue weighted by Crippen LogP contribution is -2.46. The number of benzene rings is 2. The molecule has 0 bridgehead atoms. The quantitative estimate of drug-likeness (QED) is 0.382. The zero-order valence-corrected chi connectivity index (χ0v) is 19.7. The molecule has 0 unspecified atom stereocenters. The minimum atomic E-state index is -4.00. The van der Waals surface area contributed by atoms with Gasteiger partial charge in [0.05, 0.1) is 24.8 Å². The summed E-state index contributed by atoms with van der Waals surface area (Å²) in [6, 6.07) is 12.5. The topological polar surface area (TPSA) is 143 Å². The number of likely N-dealkylation sites (N-methyl/N-ethyl adjacent to an activating group) is 1. The Balaban J connectivity index is 1.41. The maximum absolute atomic E-state index is 12.5. The molecule has 1 heterocycles. The smallest absolute Gasteiger partial charge is 0.426 e. The van der Waals surface area contributed by atoms with E-state index < -0.39 is 28.6 Å². The van der Waals surface area contributed by atoms with Gasteiger partial charge >= 0.3 is 6.09 Å². The molecule has 176 valence electrons. The number of aryl methyl sites for hydroxylation is 1. The van der Waals surface area contributed by atoms with Crippen LogP contribution in [-0.4, -0.2) is 55.4 Å². The number of nitrogens with zero attached hydrogens (tertiary/aromatic N) is 3. The van der Waals surface area contributed by atoms with Gasteiger partial charge in [-0.1, -0.05) is 18.2 Å². The number of anilines is 1. The molecule has 0 atom stereocenters. The normalized spacial score (nSPS) is 11.2. The van der Waals surface area contributed by atoms with Crippen molar-refractivity contribution in [3.05, 3.63) is 48.0 Å². The molecule has 11 nitrogen and oxygen atoms in total. The minimum absolute atomic E-state index is 0.0805. The van der Waals surface area contributed by atoms with E-state index in [4.69, 9.17) is 4.74 Å². The second kappa shape index (κ2) is 11.0. The summed E-state index contributed by atoms with van der Waals surface area (Å²) in [4.78, 5) is 25.7. The largest absolute Gasteiger partial charge is 0.446 e. The van der Waals surface area contributed by atoms with Gasteiger partial charge in [-0.3, -0.25) is 10.2 Å². The number of aromatic nitrogens is 2. The molecular formula is C20H24N6O5S2. The first-order valence-corrected chi connectivity index (χ1v) is 12.3. The minimum Gasteiger partial charge on any atom is -0.446 e. The lowest BCUT2D eigenvalue weighted by atomic mass is 10.2. The summed E-state index contributed by atoms with van der Waals surface area (Å²) in [5, 5.41) is 0. The Labute approximate surface area is 195 Å². The second-order valence-corrected chi connectivity index (χ2v) is 9.20. The second-order valence-electron chi connectivity index (χ2n) is 6.94.